The minimum atomic E-state index is -2.47. The van der Waals surface area contributed by atoms with E-state index < -0.39 is 6.85 Å². The van der Waals surface area contributed by atoms with Crippen molar-refractivity contribution < 1.29 is 18.4 Å². The number of fused-ring (bicyclic) bond motifs is 1. The summed E-state index contributed by atoms with van der Waals surface area (Å²) in [4.78, 5) is 23.2. The minimum Gasteiger partial charge on any atom is -0.492 e. The molecule has 1 amide bonds. The van der Waals surface area contributed by atoms with Crippen molar-refractivity contribution in [3.05, 3.63) is 89.9 Å². The minimum absolute atomic E-state index is 0.00129. The molecule has 0 saturated carbocycles. The van der Waals surface area contributed by atoms with Crippen molar-refractivity contribution >= 4 is 33.9 Å². The molecular weight excluding hydrogens is 504 g/mol. The van der Waals surface area contributed by atoms with Crippen LogP contribution in [0.2, 0.25) is 0 Å². The number of aromatic nitrogens is 2. The quantitative estimate of drug-likeness (QED) is 0.237. The molecule has 9 nitrogen and oxygen atoms in total. The molecule has 40 heavy (non-hydrogen) atoms. The van der Waals surface area contributed by atoms with Crippen LogP contribution < -0.4 is 20.1 Å². The molecule has 4 rings (SSSR count). The first-order chi connectivity index (χ1) is 20.6. The third-order valence-corrected chi connectivity index (χ3v) is 5.74. The molecular formula is C31H32N6O3. The van der Waals surface area contributed by atoms with Crippen LogP contribution in [0.1, 0.15) is 27.9 Å². The lowest BCUT2D eigenvalue weighted by molar-refractivity contribution is -0.111. The number of nitrogens with one attached hydrogen (secondary N) is 2. The number of nitrogens with zero attached hydrogens (tertiary/aromatic N) is 4. The van der Waals surface area contributed by atoms with E-state index in [0.717, 1.165) is 0 Å². The van der Waals surface area contributed by atoms with Gasteiger partial charge in [-0.1, -0.05) is 12.1 Å². The maximum Gasteiger partial charge on any atom is 0.248 e. The summed E-state index contributed by atoms with van der Waals surface area (Å²) >= 11 is 0. The molecule has 2 N–H and O–H groups in total. The lowest BCUT2D eigenvalue weighted by atomic mass is 10.1. The van der Waals surface area contributed by atoms with Gasteiger partial charge in [-0.3, -0.25) is 14.8 Å². The third-order valence-electron chi connectivity index (χ3n) is 5.74. The van der Waals surface area contributed by atoms with Crippen LogP contribution in [0.4, 0.5) is 17.1 Å². The maximum atomic E-state index is 12.7. The Kier molecular flexibility index (Phi) is 7.97. The van der Waals surface area contributed by atoms with E-state index >= 15 is 0 Å². The van der Waals surface area contributed by atoms with Gasteiger partial charge in [-0.05, 0) is 69.8 Å². The summed E-state index contributed by atoms with van der Waals surface area (Å²) in [7, 11) is 3.80. The molecule has 0 atom stereocenters. The van der Waals surface area contributed by atoms with Crippen molar-refractivity contribution in [1.29, 1.82) is 5.26 Å². The van der Waals surface area contributed by atoms with E-state index in [1.165, 1.54) is 18.3 Å². The zero-order chi connectivity index (χ0) is 31.0. The predicted molar refractivity (Wildman–Crippen MR) is 157 cm³/mol. The highest BCUT2D eigenvalue weighted by molar-refractivity contribution is 6.04. The monoisotopic (exact) mass is 539 g/mol. The number of carbonyl (C=O) groups excluding carboxylic acids is 1. The van der Waals surface area contributed by atoms with Crippen molar-refractivity contribution in [3.63, 3.8) is 0 Å². The molecule has 0 spiro atoms. The molecule has 0 unspecified atom stereocenters. The Balaban J connectivity index is 1.72. The number of aryl methyl sites for hydroxylation is 1. The van der Waals surface area contributed by atoms with Gasteiger partial charge in [0.1, 0.15) is 24.2 Å². The number of amides is 1. The van der Waals surface area contributed by atoms with E-state index in [0.29, 0.717) is 52.6 Å². The predicted octanol–water partition coefficient (Wildman–Crippen LogP) is 5.59. The number of rotatable bonds is 11. The number of pyridine rings is 2. The van der Waals surface area contributed by atoms with Crippen LogP contribution in [0, 0.1) is 18.2 Å². The first-order valence-corrected chi connectivity index (χ1v) is 12.6. The molecule has 4 aromatic rings. The second kappa shape index (κ2) is 13.2. The second-order valence-electron chi connectivity index (χ2n) is 9.06. The second-order valence-corrected chi connectivity index (χ2v) is 9.06. The fourth-order valence-corrected chi connectivity index (χ4v) is 3.87. The first-order valence-electron chi connectivity index (χ1n) is 14.1. The van der Waals surface area contributed by atoms with Crippen molar-refractivity contribution in [1.82, 2.24) is 14.9 Å². The highest BCUT2D eigenvalue weighted by Gasteiger charge is 2.16. The largest absolute Gasteiger partial charge is 0.492 e. The molecule has 9 heteroatoms. The molecule has 0 aliphatic carbocycles. The van der Waals surface area contributed by atoms with E-state index in [2.05, 4.69) is 26.7 Å². The normalized spacial score (nSPS) is 12.4. The number of anilines is 3. The Bertz CT molecular complexity index is 1670. The van der Waals surface area contributed by atoms with Crippen LogP contribution in [-0.2, 0) is 11.4 Å². The standard InChI is InChI=1S/C31H32N6O3/c1-5-39-29-17-26-25(16-27(29)36-30(38)10-8-14-37(3)4)31(22(18-32)19-34-26)35-23-11-12-28(21(2)15-23)40-20-24-9-6-7-13-33-24/h6-13,15-17,19H,5,14,20H2,1-4H3,(H,34,35)(H,36,38)/b10-8+/i2D3. The summed E-state index contributed by atoms with van der Waals surface area (Å²) in [5, 5.41) is 16.5. The molecule has 0 bridgehead atoms. The summed E-state index contributed by atoms with van der Waals surface area (Å²) < 4.78 is 35.9. The third kappa shape index (κ3) is 7.12. The van der Waals surface area contributed by atoms with Crippen molar-refractivity contribution in [2.24, 2.45) is 0 Å². The molecule has 0 saturated heterocycles. The fourth-order valence-electron chi connectivity index (χ4n) is 3.87. The number of carbonyl (C=O) groups is 1. The van der Waals surface area contributed by atoms with Gasteiger partial charge >= 0.3 is 0 Å². The van der Waals surface area contributed by atoms with Crippen LogP contribution in [0.25, 0.3) is 10.9 Å². The number of nitriles is 1. The molecule has 0 aliphatic heterocycles. The maximum absolute atomic E-state index is 12.7. The van der Waals surface area contributed by atoms with E-state index in [4.69, 9.17) is 13.6 Å². The SMILES string of the molecule is [2H]C([2H])([2H])c1cc(Nc2c(C#N)cnc3cc(OCC)c(NC(=O)/C=C/CN(C)C)cc23)ccc1OCc1ccccn1. The Morgan fingerprint density at radius 2 is 2.02 bits per heavy atom. The van der Waals surface area contributed by atoms with Crippen LogP contribution in [-0.4, -0.2) is 48.0 Å². The Morgan fingerprint density at radius 1 is 1.15 bits per heavy atom. The highest BCUT2D eigenvalue weighted by Crippen LogP contribution is 2.36. The van der Waals surface area contributed by atoms with Crippen LogP contribution in [0.5, 0.6) is 11.5 Å². The first kappa shape index (κ1) is 24.1. The van der Waals surface area contributed by atoms with Crippen molar-refractivity contribution in [2.45, 2.75) is 20.4 Å². The van der Waals surface area contributed by atoms with E-state index in [9.17, 15) is 10.1 Å². The average molecular weight is 540 g/mol. The molecule has 0 fully saturated rings. The highest BCUT2D eigenvalue weighted by atomic mass is 16.5. The smallest absolute Gasteiger partial charge is 0.248 e. The van der Waals surface area contributed by atoms with Crippen LogP contribution in [0.3, 0.4) is 0 Å². The van der Waals surface area contributed by atoms with Crippen molar-refractivity contribution in [3.8, 4) is 17.6 Å². The van der Waals surface area contributed by atoms with E-state index in [1.807, 2.05) is 32.0 Å². The van der Waals surface area contributed by atoms with Crippen molar-refractivity contribution in [2.75, 3.05) is 37.9 Å². The lowest BCUT2D eigenvalue weighted by Gasteiger charge is -2.17. The number of hydrogen-bond donors (Lipinski definition) is 2. The molecule has 0 aliphatic rings. The molecule has 0 radical (unpaired) electrons. The number of hydrogen-bond acceptors (Lipinski definition) is 8. The van der Waals surface area contributed by atoms with Gasteiger partial charge in [-0.25, -0.2) is 0 Å². The molecule has 2 heterocycles. The Hall–Kier alpha value is -4.94. The summed E-state index contributed by atoms with van der Waals surface area (Å²) in [5.41, 5.74) is 2.62. The van der Waals surface area contributed by atoms with Gasteiger partial charge in [0.25, 0.3) is 0 Å². The zero-order valence-corrected chi connectivity index (χ0v) is 22.6. The molecule has 2 aromatic carbocycles. The van der Waals surface area contributed by atoms with E-state index in [1.54, 1.807) is 48.7 Å². The van der Waals surface area contributed by atoms with Gasteiger partial charge in [0.15, 0.2) is 0 Å². The van der Waals surface area contributed by atoms with E-state index in [-0.39, 0.29) is 29.4 Å². The summed E-state index contributed by atoms with van der Waals surface area (Å²) in [5.74, 6) is 0.279. The number of ether oxygens (including phenoxy) is 2. The molecule has 2 aromatic heterocycles. The van der Waals surface area contributed by atoms with Gasteiger partial charge in [0, 0.05) is 46.3 Å². The van der Waals surface area contributed by atoms with Gasteiger partial charge in [0.2, 0.25) is 5.91 Å². The lowest BCUT2D eigenvalue weighted by Crippen LogP contribution is -2.13. The Morgan fingerprint density at radius 3 is 2.75 bits per heavy atom. The Labute approximate surface area is 238 Å². The van der Waals surface area contributed by atoms with Gasteiger partial charge < -0.3 is 25.0 Å². The number of benzene rings is 2. The number of likely N-dealkylation sites (N-methyl/N-ethyl adjacent to an activating group) is 1. The average Bonchev–Trinajstić information content (AvgIpc) is 2.97. The summed E-state index contributed by atoms with van der Waals surface area (Å²) in [6.45, 7) is 0.417. The van der Waals surface area contributed by atoms with Crippen LogP contribution >= 0.6 is 0 Å². The topological polar surface area (TPSA) is 112 Å². The van der Waals surface area contributed by atoms with Gasteiger partial charge in [0.05, 0.1) is 34.8 Å². The zero-order valence-electron chi connectivity index (χ0n) is 25.6. The fraction of sp³-hybridized carbons (Fsp3) is 0.226. The summed E-state index contributed by atoms with van der Waals surface area (Å²) in [6, 6.07) is 15.6. The molecule has 204 valence electrons. The summed E-state index contributed by atoms with van der Waals surface area (Å²) in [6.07, 6.45) is 6.25. The van der Waals surface area contributed by atoms with Gasteiger partial charge in [-0.15, -0.1) is 0 Å². The van der Waals surface area contributed by atoms with Crippen LogP contribution in [0.15, 0.2) is 73.1 Å². The van der Waals surface area contributed by atoms with Gasteiger partial charge in [-0.2, -0.15) is 5.26 Å².